The van der Waals surface area contributed by atoms with Crippen molar-refractivity contribution < 1.29 is 9.59 Å². The van der Waals surface area contributed by atoms with Crippen molar-refractivity contribution in [3.05, 3.63) is 77.4 Å². The van der Waals surface area contributed by atoms with E-state index in [9.17, 15) is 9.59 Å². The van der Waals surface area contributed by atoms with Crippen LogP contribution in [-0.2, 0) is 9.59 Å². The van der Waals surface area contributed by atoms with E-state index < -0.39 is 11.9 Å². The minimum atomic E-state index is -0.837. The Labute approximate surface area is 129 Å². The van der Waals surface area contributed by atoms with Gasteiger partial charge >= 0.3 is 0 Å². The molecule has 0 aliphatic heterocycles. The van der Waals surface area contributed by atoms with Gasteiger partial charge in [0.25, 0.3) is 0 Å². The van der Waals surface area contributed by atoms with Gasteiger partial charge in [-0.2, -0.15) is 0 Å². The molecule has 0 radical (unpaired) electrons. The summed E-state index contributed by atoms with van der Waals surface area (Å²) in [6.07, 6.45) is 3.10. The number of hydrogen-bond donors (Lipinski definition) is 2. The SMILES string of the molecule is Cc1cccc(/C=C/C(=O)NC(C(N)=O)c2ccccc2)c1. The third-order valence-electron chi connectivity index (χ3n) is 3.17. The summed E-state index contributed by atoms with van der Waals surface area (Å²) in [5.74, 6) is -0.960. The first kappa shape index (κ1) is 15.5. The Bertz CT molecular complexity index is 693. The van der Waals surface area contributed by atoms with E-state index >= 15 is 0 Å². The maximum Gasteiger partial charge on any atom is 0.244 e. The van der Waals surface area contributed by atoms with Crippen molar-refractivity contribution >= 4 is 17.9 Å². The van der Waals surface area contributed by atoms with Crippen LogP contribution in [0.4, 0.5) is 0 Å². The van der Waals surface area contributed by atoms with E-state index in [1.54, 1.807) is 30.3 Å². The molecule has 4 nitrogen and oxygen atoms in total. The molecular weight excluding hydrogens is 276 g/mol. The quantitative estimate of drug-likeness (QED) is 0.831. The Morgan fingerprint density at radius 3 is 2.45 bits per heavy atom. The number of nitrogens with one attached hydrogen (secondary N) is 1. The molecule has 0 aromatic heterocycles. The van der Waals surface area contributed by atoms with Crippen LogP contribution in [0.25, 0.3) is 6.08 Å². The summed E-state index contributed by atoms with van der Waals surface area (Å²) in [4.78, 5) is 23.5. The monoisotopic (exact) mass is 294 g/mol. The summed E-state index contributed by atoms with van der Waals surface area (Å²) in [6.45, 7) is 1.98. The molecule has 0 saturated carbocycles. The van der Waals surface area contributed by atoms with E-state index in [2.05, 4.69) is 5.32 Å². The second-order valence-electron chi connectivity index (χ2n) is 5.00. The molecule has 0 aliphatic carbocycles. The molecule has 112 valence electrons. The lowest BCUT2D eigenvalue weighted by atomic mass is 10.1. The Hall–Kier alpha value is -2.88. The van der Waals surface area contributed by atoms with Gasteiger partial charge in [-0.1, -0.05) is 60.2 Å². The van der Waals surface area contributed by atoms with Crippen molar-refractivity contribution in [3.8, 4) is 0 Å². The average molecular weight is 294 g/mol. The molecule has 3 N–H and O–H groups in total. The van der Waals surface area contributed by atoms with Crippen LogP contribution in [0.15, 0.2) is 60.7 Å². The number of rotatable bonds is 5. The Balaban J connectivity index is 2.07. The lowest BCUT2D eigenvalue weighted by Crippen LogP contribution is -2.36. The van der Waals surface area contributed by atoms with Crippen LogP contribution in [0, 0.1) is 6.92 Å². The zero-order chi connectivity index (χ0) is 15.9. The molecule has 2 aromatic carbocycles. The highest BCUT2D eigenvalue weighted by Crippen LogP contribution is 2.12. The fraction of sp³-hybridized carbons (Fsp3) is 0.111. The predicted octanol–water partition coefficient (Wildman–Crippen LogP) is 2.35. The van der Waals surface area contributed by atoms with Crippen LogP contribution >= 0.6 is 0 Å². The van der Waals surface area contributed by atoms with Gasteiger partial charge in [-0.05, 0) is 24.1 Å². The first-order valence-corrected chi connectivity index (χ1v) is 6.96. The smallest absolute Gasteiger partial charge is 0.244 e. The third-order valence-corrected chi connectivity index (χ3v) is 3.17. The summed E-state index contributed by atoms with van der Waals surface area (Å²) in [5.41, 5.74) is 8.06. The molecule has 2 aromatic rings. The lowest BCUT2D eigenvalue weighted by molar-refractivity contribution is -0.125. The summed E-state index contributed by atoms with van der Waals surface area (Å²) < 4.78 is 0. The van der Waals surface area contributed by atoms with E-state index in [-0.39, 0.29) is 5.91 Å². The van der Waals surface area contributed by atoms with Crippen LogP contribution in [-0.4, -0.2) is 11.8 Å². The van der Waals surface area contributed by atoms with Gasteiger partial charge < -0.3 is 11.1 Å². The Kier molecular flexibility index (Phi) is 5.09. The van der Waals surface area contributed by atoms with Crippen molar-refractivity contribution in [2.75, 3.05) is 0 Å². The normalized spacial score (nSPS) is 12.0. The molecule has 2 amide bonds. The van der Waals surface area contributed by atoms with Crippen LogP contribution in [0.5, 0.6) is 0 Å². The fourth-order valence-corrected chi connectivity index (χ4v) is 2.10. The number of nitrogens with two attached hydrogens (primary N) is 1. The third kappa shape index (κ3) is 4.31. The average Bonchev–Trinajstić information content (AvgIpc) is 2.51. The van der Waals surface area contributed by atoms with Crippen LogP contribution in [0.3, 0.4) is 0 Å². The topological polar surface area (TPSA) is 72.2 Å². The lowest BCUT2D eigenvalue weighted by Gasteiger charge is -2.14. The highest BCUT2D eigenvalue weighted by atomic mass is 16.2. The summed E-state index contributed by atoms with van der Waals surface area (Å²) in [7, 11) is 0. The van der Waals surface area contributed by atoms with Gasteiger partial charge in [0.05, 0.1) is 0 Å². The maximum atomic E-state index is 12.0. The number of amides is 2. The molecule has 0 heterocycles. The highest BCUT2D eigenvalue weighted by molar-refractivity contribution is 5.95. The molecule has 1 unspecified atom stereocenters. The number of hydrogen-bond acceptors (Lipinski definition) is 2. The number of aryl methyl sites for hydroxylation is 1. The number of carbonyl (C=O) groups excluding carboxylic acids is 2. The van der Waals surface area contributed by atoms with Gasteiger partial charge in [-0.25, -0.2) is 0 Å². The molecule has 0 aliphatic rings. The van der Waals surface area contributed by atoms with E-state index in [4.69, 9.17) is 5.73 Å². The van der Waals surface area contributed by atoms with Gasteiger partial charge in [0.15, 0.2) is 0 Å². The van der Waals surface area contributed by atoms with Crippen LogP contribution < -0.4 is 11.1 Å². The van der Waals surface area contributed by atoms with Crippen molar-refractivity contribution in [2.24, 2.45) is 5.73 Å². The summed E-state index contributed by atoms with van der Waals surface area (Å²) >= 11 is 0. The molecule has 0 fully saturated rings. The highest BCUT2D eigenvalue weighted by Gasteiger charge is 2.18. The second-order valence-corrected chi connectivity index (χ2v) is 5.00. The standard InChI is InChI=1S/C18H18N2O2/c1-13-6-5-7-14(12-13)10-11-16(21)20-17(18(19)22)15-8-3-2-4-9-15/h2-12,17H,1H3,(H2,19,22)(H,20,21)/b11-10+. The summed E-state index contributed by atoms with van der Waals surface area (Å²) in [6, 6.07) is 15.8. The van der Waals surface area contributed by atoms with Crippen LogP contribution in [0.1, 0.15) is 22.7 Å². The molecule has 0 spiro atoms. The van der Waals surface area contributed by atoms with Gasteiger partial charge in [-0.3, -0.25) is 9.59 Å². The van der Waals surface area contributed by atoms with Gasteiger partial charge in [0.2, 0.25) is 11.8 Å². The minimum absolute atomic E-state index is 0.367. The van der Waals surface area contributed by atoms with E-state index in [1.165, 1.54) is 6.08 Å². The second kappa shape index (κ2) is 7.22. The molecule has 0 bridgehead atoms. The number of primary amides is 1. The number of benzene rings is 2. The largest absolute Gasteiger partial charge is 0.368 e. The van der Waals surface area contributed by atoms with Gasteiger partial charge in [0.1, 0.15) is 6.04 Å². The van der Waals surface area contributed by atoms with Crippen molar-refractivity contribution in [1.82, 2.24) is 5.32 Å². The van der Waals surface area contributed by atoms with Gasteiger partial charge in [-0.15, -0.1) is 0 Å². The number of carbonyl (C=O) groups is 2. The zero-order valence-corrected chi connectivity index (χ0v) is 12.3. The molecule has 0 saturated heterocycles. The van der Waals surface area contributed by atoms with Crippen LogP contribution in [0.2, 0.25) is 0 Å². The minimum Gasteiger partial charge on any atom is -0.368 e. The molecule has 2 rings (SSSR count). The molecule has 4 heteroatoms. The fourth-order valence-electron chi connectivity index (χ4n) is 2.10. The van der Waals surface area contributed by atoms with Gasteiger partial charge in [0, 0.05) is 6.08 Å². The van der Waals surface area contributed by atoms with E-state index in [1.807, 2.05) is 37.3 Å². The van der Waals surface area contributed by atoms with Crippen molar-refractivity contribution in [1.29, 1.82) is 0 Å². The first-order valence-electron chi connectivity index (χ1n) is 6.96. The molecule has 1 atom stereocenters. The molecular formula is C18H18N2O2. The Morgan fingerprint density at radius 2 is 1.82 bits per heavy atom. The first-order chi connectivity index (χ1) is 10.6. The Morgan fingerprint density at radius 1 is 1.09 bits per heavy atom. The van der Waals surface area contributed by atoms with E-state index in [0.717, 1.165) is 11.1 Å². The molecule has 22 heavy (non-hydrogen) atoms. The maximum absolute atomic E-state index is 12.0. The zero-order valence-electron chi connectivity index (χ0n) is 12.3. The predicted molar refractivity (Wildman–Crippen MR) is 86.7 cm³/mol. The van der Waals surface area contributed by atoms with E-state index in [0.29, 0.717) is 5.56 Å². The van der Waals surface area contributed by atoms with Crippen molar-refractivity contribution in [2.45, 2.75) is 13.0 Å². The van der Waals surface area contributed by atoms with Crippen molar-refractivity contribution in [3.63, 3.8) is 0 Å². The summed E-state index contributed by atoms with van der Waals surface area (Å²) in [5, 5.41) is 2.62.